The number of rotatable bonds is 2. The molecule has 0 saturated carbocycles. The number of anilines is 2. The molecule has 1 aromatic heterocycles. The van der Waals surface area contributed by atoms with Gasteiger partial charge in [-0.15, -0.1) is 11.3 Å². The van der Waals surface area contributed by atoms with Crippen molar-refractivity contribution in [2.45, 2.75) is 0 Å². The zero-order valence-electron chi connectivity index (χ0n) is 10.4. The van der Waals surface area contributed by atoms with Crippen LogP contribution in [-0.4, -0.2) is 5.91 Å². The zero-order valence-corrected chi connectivity index (χ0v) is 12.0. The van der Waals surface area contributed by atoms with Crippen molar-refractivity contribution in [2.75, 3.05) is 11.1 Å². The summed E-state index contributed by atoms with van der Waals surface area (Å²) >= 11 is 7.28. The maximum Gasteiger partial charge on any atom is 0.267 e. The number of benzene rings is 2. The van der Waals surface area contributed by atoms with Crippen molar-refractivity contribution in [1.82, 2.24) is 0 Å². The molecule has 1 amide bonds. The molecule has 20 heavy (non-hydrogen) atoms. The Morgan fingerprint density at radius 1 is 1.15 bits per heavy atom. The summed E-state index contributed by atoms with van der Waals surface area (Å²) in [6.45, 7) is 0. The van der Waals surface area contributed by atoms with Gasteiger partial charge in [0, 0.05) is 20.8 Å². The van der Waals surface area contributed by atoms with Crippen LogP contribution in [0.4, 0.5) is 11.4 Å². The molecule has 0 aliphatic carbocycles. The second kappa shape index (κ2) is 5.15. The van der Waals surface area contributed by atoms with Crippen molar-refractivity contribution in [2.24, 2.45) is 0 Å². The average Bonchev–Trinajstić information content (AvgIpc) is 2.77. The van der Waals surface area contributed by atoms with Crippen LogP contribution in [-0.2, 0) is 0 Å². The molecule has 3 aromatic rings. The van der Waals surface area contributed by atoms with Crippen LogP contribution in [0.25, 0.3) is 10.1 Å². The third kappa shape index (κ3) is 2.35. The number of nitrogen functional groups attached to an aromatic ring is 1. The summed E-state index contributed by atoms with van der Waals surface area (Å²) in [5.74, 6) is -0.217. The molecule has 0 radical (unpaired) electrons. The minimum absolute atomic E-state index is 0.217. The molecular formula is C15H11ClN2OS. The van der Waals surface area contributed by atoms with E-state index in [2.05, 4.69) is 5.32 Å². The van der Waals surface area contributed by atoms with Gasteiger partial charge >= 0.3 is 0 Å². The van der Waals surface area contributed by atoms with E-state index in [-0.39, 0.29) is 5.91 Å². The molecule has 0 aliphatic rings. The van der Waals surface area contributed by atoms with Crippen LogP contribution in [0.15, 0.2) is 48.5 Å². The number of nitrogens with one attached hydrogen (secondary N) is 1. The minimum atomic E-state index is -0.217. The van der Waals surface area contributed by atoms with Gasteiger partial charge in [0.05, 0.1) is 5.69 Å². The summed E-state index contributed by atoms with van der Waals surface area (Å²) in [4.78, 5) is 12.8. The van der Waals surface area contributed by atoms with Crippen molar-refractivity contribution in [3.63, 3.8) is 0 Å². The summed E-state index contributed by atoms with van der Waals surface area (Å²) in [5.41, 5.74) is 7.22. The molecule has 0 spiro atoms. The highest BCUT2D eigenvalue weighted by Gasteiger charge is 2.16. The van der Waals surface area contributed by atoms with Crippen LogP contribution in [0, 0.1) is 0 Å². The van der Waals surface area contributed by atoms with Gasteiger partial charge in [0.1, 0.15) is 4.88 Å². The molecule has 1 heterocycles. The van der Waals surface area contributed by atoms with Crippen LogP contribution in [0.3, 0.4) is 0 Å². The maximum atomic E-state index is 12.3. The highest BCUT2D eigenvalue weighted by Crippen LogP contribution is 2.33. The predicted molar refractivity (Wildman–Crippen MR) is 85.6 cm³/mol. The third-order valence-corrected chi connectivity index (χ3v) is 4.34. The quantitative estimate of drug-likeness (QED) is 0.737. The van der Waals surface area contributed by atoms with Gasteiger partial charge in [-0.25, -0.2) is 0 Å². The van der Waals surface area contributed by atoms with Crippen molar-refractivity contribution in [3.05, 3.63) is 58.4 Å². The SMILES string of the molecule is Nc1c(C(=O)Nc2cccc(Cl)c2)sc2ccccc12. The van der Waals surface area contributed by atoms with Crippen LogP contribution in [0.5, 0.6) is 0 Å². The Bertz CT molecular complexity index is 797. The second-order valence-electron chi connectivity index (χ2n) is 4.31. The lowest BCUT2D eigenvalue weighted by Crippen LogP contribution is -2.11. The molecule has 0 atom stereocenters. The Balaban J connectivity index is 1.95. The number of thiophene rings is 1. The number of hydrogen-bond donors (Lipinski definition) is 2. The molecule has 0 unspecified atom stereocenters. The Labute approximate surface area is 125 Å². The minimum Gasteiger partial charge on any atom is -0.397 e. The first-order chi connectivity index (χ1) is 9.65. The molecule has 5 heteroatoms. The van der Waals surface area contributed by atoms with E-state index in [0.717, 1.165) is 10.1 Å². The lowest BCUT2D eigenvalue weighted by atomic mass is 10.2. The molecule has 2 aromatic carbocycles. The average molecular weight is 303 g/mol. The summed E-state index contributed by atoms with van der Waals surface area (Å²) < 4.78 is 1.00. The standard InChI is InChI=1S/C15H11ClN2OS/c16-9-4-3-5-10(8-9)18-15(19)14-13(17)11-6-1-2-7-12(11)20-14/h1-8H,17H2,(H,18,19). The Morgan fingerprint density at radius 2 is 1.95 bits per heavy atom. The molecule has 3 rings (SSSR count). The zero-order chi connectivity index (χ0) is 14.1. The number of fused-ring (bicyclic) bond motifs is 1. The van der Waals surface area contributed by atoms with Crippen molar-refractivity contribution in [3.8, 4) is 0 Å². The van der Waals surface area contributed by atoms with E-state index in [9.17, 15) is 4.79 Å². The van der Waals surface area contributed by atoms with Crippen molar-refractivity contribution >= 4 is 50.3 Å². The smallest absolute Gasteiger partial charge is 0.267 e. The number of hydrogen-bond acceptors (Lipinski definition) is 3. The highest BCUT2D eigenvalue weighted by atomic mass is 35.5. The summed E-state index contributed by atoms with van der Waals surface area (Å²) in [6, 6.07) is 14.7. The van der Waals surface area contributed by atoms with Crippen molar-refractivity contribution < 1.29 is 4.79 Å². The van der Waals surface area contributed by atoms with Gasteiger partial charge < -0.3 is 11.1 Å². The van der Waals surface area contributed by atoms with Gasteiger partial charge in [0.15, 0.2) is 0 Å². The summed E-state index contributed by atoms with van der Waals surface area (Å²) in [6.07, 6.45) is 0. The number of amides is 1. The lowest BCUT2D eigenvalue weighted by Gasteiger charge is -2.04. The Morgan fingerprint density at radius 3 is 2.70 bits per heavy atom. The first kappa shape index (κ1) is 13.0. The maximum absolute atomic E-state index is 12.3. The van der Waals surface area contributed by atoms with Crippen LogP contribution in [0.2, 0.25) is 5.02 Å². The summed E-state index contributed by atoms with van der Waals surface area (Å²) in [7, 11) is 0. The largest absolute Gasteiger partial charge is 0.397 e. The number of nitrogens with two attached hydrogens (primary N) is 1. The van der Waals surface area contributed by atoms with Gasteiger partial charge in [-0.05, 0) is 24.3 Å². The first-order valence-electron chi connectivity index (χ1n) is 5.99. The van der Waals surface area contributed by atoms with Crippen LogP contribution < -0.4 is 11.1 Å². The fourth-order valence-corrected chi connectivity index (χ4v) is 3.20. The first-order valence-corrected chi connectivity index (χ1v) is 7.18. The van der Waals surface area contributed by atoms with E-state index in [4.69, 9.17) is 17.3 Å². The number of halogens is 1. The molecule has 0 bridgehead atoms. The molecular weight excluding hydrogens is 292 g/mol. The molecule has 100 valence electrons. The normalized spacial score (nSPS) is 10.7. The van der Waals surface area contributed by atoms with Gasteiger partial charge in [-0.1, -0.05) is 35.9 Å². The fourth-order valence-electron chi connectivity index (χ4n) is 1.99. The molecule has 3 nitrogen and oxygen atoms in total. The van der Waals surface area contributed by atoms with E-state index in [1.165, 1.54) is 11.3 Å². The van der Waals surface area contributed by atoms with E-state index in [0.29, 0.717) is 21.3 Å². The Kier molecular flexibility index (Phi) is 3.34. The van der Waals surface area contributed by atoms with Crippen LogP contribution >= 0.6 is 22.9 Å². The molecule has 3 N–H and O–H groups in total. The van der Waals surface area contributed by atoms with Crippen molar-refractivity contribution in [1.29, 1.82) is 0 Å². The molecule has 0 aliphatic heterocycles. The topological polar surface area (TPSA) is 55.1 Å². The van der Waals surface area contributed by atoms with E-state index >= 15 is 0 Å². The lowest BCUT2D eigenvalue weighted by molar-refractivity contribution is 0.103. The van der Waals surface area contributed by atoms with Gasteiger partial charge in [0.25, 0.3) is 5.91 Å². The third-order valence-electron chi connectivity index (χ3n) is 2.92. The monoisotopic (exact) mass is 302 g/mol. The van der Waals surface area contributed by atoms with E-state index < -0.39 is 0 Å². The summed E-state index contributed by atoms with van der Waals surface area (Å²) in [5, 5.41) is 4.29. The van der Waals surface area contributed by atoms with Gasteiger partial charge in [-0.3, -0.25) is 4.79 Å². The van der Waals surface area contributed by atoms with Gasteiger partial charge in [0.2, 0.25) is 0 Å². The van der Waals surface area contributed by atoms with E-state index in [1.807, 2.05) is 24.3 Å². The number of carbonyl (C=O) groups is 1. The molecule has 0 fully saturated rings. The van der Waals surface area contributed by atoms with E-state index in [1.54, 1.807) is 24.3 Å². The van der Waals surface area contributed by atoms with Gasteiger partial charge in [-0.2, -0.15) is 0 Å². The predicted octanol–water partition coefficient (Wildman–Crippen LogP) is 4.39. The highest BCUT2D eigenvalue weighted by molar-refractivity contribution is 7.21. The molecule has 0 saturated heterocycles. The fraction of sp³-hybridized carbons (Fsp3) is 0. The number of carbonyl (C=O) groups excluding carboxylic acids is 1. The Hall–Kier alpha value is -2.04. The second-order valence-corrected chi connectivity index (χ2v) is 5.79. The van der Waals surface area contributed by atoms with Crippen LogP contribution in [0.1, 0.15) is 9.67 Å².